The summed E-state index contributed by atoms with van der Waals surface area (Å²) in [6.45, 7) is 0. The number of rotatable bonds is 1. The van der Waals surface area contributed by atoms with Crippen molar-refractivity contribution in [3.63, 3.8) is 0 Å². The molecule has 0 aliphatic rings. The molecule has 18 heavy (non-hydrogen) atoms. The molecule has 1 aromatic carbocycles. The average molecular weight is 315 g/mol. The van der Waals surface area contributed by atoms with Gasteiger partial charge in [0.25, 0.3) is 0 Å². The smallest absolute Gasteiger partial charge is 0.249 e. The Balaban J connectivity index is 2.82. The number of aromatic nitrogens is 1. The van der Waals surface area contributed by atoms with Gasteiger partial charge in [0.15, 0.2) is 0 Å². The third-order valence-electron chi connectivity index (χ3n) is 2.34. The first-order valence-electron chi connectivity index (χ1n) is 4.75. The Hall–Kier alpha value is -0.710. The van der Waals surface area contributed by atoms with Gasteiger partial charge >= 0.3 is 6.18 Å². The van der Waals surface area contributed by atoms with Gasteiger partial charge in [0.1, 0.15) is 4.84 Å². The van der Waals surface area contributed by atoms with Crippen LogP contribution >= 0.6 is 34.8 Å². The molecule has 0 unspecified atom stereocenters. The van der Waals surface area contributed by atoms with E-state index in [9.17, 15) is 13.2 Å². The fourth-order valence-corrected chi connectivity index (χ4v) is 2.05. The van der Waals surface area contributed by atoms with E-state index in [1.165, 1.54) is 18.2 Å². The van der Waals surface area contributed by atoms with Gasteiger partial charge in [-0.05, 0) is 12.1 Å². The largest absolute Gasteiger partial charge is 0.418 e. The van der Waals surface area contributed by atoms with E-state index in [1.54, 1.807) is 0 Å². The molecule has 0 aliphatic heterocycles. The lowest BCUT2D eigenvalue weighted by atomic mass is 10.1. The molecule has 0 saturated heterocycles. The maximum Gasteiger partial charge on any atom is 0.418 e. The van der Waals surface area contributed by atoms with Gasteiger partial charge in [-0.25, -0.2) is 4.98 Å². The number of para-hydroxylation sites is 1. The first-order chi connectivity index (χ1) is 8.30. The van der Waals surface area contributed by atoms with Gasteiger partial charge in [-0.15, -0.1) is 0 Å². The molecule has 0 atom stereocenters. The second-order valence-corrected chi connectivity index (χ2v) is 5.03. The number of hydrogen-bond acceptors (Lipinski definition) is 1. The molecule has 0 fully saturated rings. The van der Waals surface area contributed by atoms with Crippen molar-refractivity contribution in [1.29, 1.82) is 0 Å². The van der Waals surface area contributed by atoms with Gasteiger partial charge in [0.2, 0.25) is 0 Å². The van der Waals surface area contributed by atoms with E-state index < -0.39 is 16.6 Å². The summed E-state index contributed by atoms with van der Waals surface area (Å²) in [7, 11) is 0. The second kappa shape index (κ2) is 4.76. The van der Waals surface area contributed by atoms with Crippen molar-refractivity contribution in [2.75, 3.05) is 0 Å². The van der Waals surface area contributed by atoms with Crippen molar-refractivity contribution >= 4 is 45.7 Å². The van der Waals surface area contributed by atoms with E-state index in [0.717, 1.165) is 6.07 Å². The molecular weight excluding hydrogens is 309 g/mol. The van der Waals surface area contributed by atoms with Gasteiger partial charge in [0, 0.05) is 5.39 Å². The minimum absolute atomic E-state index is 0.0903. The Morgan fingerprint density at radius 1 is 1.17 bits per heavy atom. The predicted octanol–water partition coefficient (Wildman–Crippen LogP) is 5.38. The highest BCUT2D eigenvalue weighted by Gasteiger charge is 2.33. The zero-order valence-corrected chi connectivity index (χ0v) is 10.9. The molecule has 1 nitrogen and oxygen atoms in total. The fraction of sp³-hybridized carbons (Fsp3) is 0.182. The minimum atomic E-state index is -4.51. The van der Waals surface area contributed by atoms with E-state index >= 15 is 0 Å². The summed E-state index contributed by atoms with van der Waals surface area (Å²) < 4.78 is 38.5. The fourth-order valence-electron chi connectivity index (χ4n) is 1.57. The summed E-state index contributed by atoms with van der Waals surface area (Å²) in [5.41, 5.74) is -1.02. The molecule has 0 radical (unpaired) electrons. The minimum Gasteiger partial charge on any atom is -0.249 e. The van der Waals surface area contributed by atoms with E-state index in [-0.39, 0.29) is 21.6 Å². The van der Waals surface area contributed by atoms with Crippen LogP contribution in [0.3, 0.4) is 0 Å². The Labute approximate surface area is 115 Å². The Morgan fingerprint density at radius 3 is 2.39 bits per heavy atom. The second-order valence-electron chi connectivity index (χ2n) is 3.53. The average Bonchev–Trinajstić information content (AvgIpc) is 2.26. The van der Waals surface area contributed by atoms with Crippen molar-refractivity contribution in [1.82, 2.24) is 4.98 Å². The molecule has 0 spiro atoms. The van der Waals surface area contributed by atoms with Crippen LogP contribution in [0.15, 0.2) is 24.3 Å². The van der Waals surface area contributed by atoms with Gasteiger partial charge in [-0.3, -0.25) is 0 Å². The third-order valence-corrected chi connectivity index (χ3v) is 3.10. The number of pyridine rings is 1. The van der Waals surface area contributed by atoms with Crippen LogP contribution in [0.1, 0.15) is 16.1 Å². The maximum absolute atomic E-state index is 12.8. The number of fused-ring (bicyclic) bond motifs is 1. The first kappa shape index (κ1) is 13.7. The van der Waals surface area contributed by atoms with Crippen molar-refractivity contribution in [2.45, 2.75) is 11.0 Å². The number of alkyl halides is 5. The summed E-state index contributed by atoms with van der Waals surface area (Å²) in [6, 6.07) is 5.03. The number of benzene rings is 1. The molecule has 0 amide bonds. The van der Waals surface area contributed by atoms with Crippen molar-refractivity contribution in [3.8, 4) is 0 Å². The van der Waals surface area contributed by atoms with E-state index in [2.05, 4.69) is 4.98 Å². The molecule has 2 rings (SSSR count). The molecular formula is C11H5Cl3F3N. The van der Waals surface area contributed by atoms with Crippen molar-refractivity contribution in [2.24, 2.45) is 0 Å². The van der Waals surface area contributed by atoms with Crippen LogP contribution in [-0.4, -0.2) is 4.98 Å². The molecule has 1 heterocycles. The van der Waals surface area contributed by atoms with Gasteiger partial charge in [-0.2, -0.15) is 13.2 Å². The summed E-state index contributed by atoms with van der Waals surface area (Å²) in [5, 5.41) is 0.344. The predicted molar refractivity (Wildman–Crippen MR) is 66.2 cm³/mol. The maximum atomic E-state index is 12.8. The van der Waals surface area contributed by atoms with Crippen LogP contribution in [0, 0.1) is 0 Å². The third kappa shape index (κ3) is 2.51. The van der Waals surface area contributed by atoms with Crippen LogP contribution in [0.25, 0.3) is 10.9 Å². The molecule has 96 valence electrons. The highest BCUT2D eigenvalue weighted by Crippen LogP contribution is 2.37. The molecule has 0 bridgehead atoms. The van der Waals surface area contributed by atoms with E-state index in [0.29, 0.717) is 0 Å². The van der Waals surface area contributed by atoms with Crippen LogP contribution in [-0.2, 0) is 6.18 Å². The zero-order valence-electron chi connectivity index (χ0n) is 8.60. The molecule has 2 aromatic rings. The van der Waals surface area contributed by atoms with Gasteiger partial charge in [-0.1, -0.05) is 46.9 Å². The lowest BCUT2D eigenvalue weighted by Crippen LogP contribution is -2.07. The summed E-state index contributed by atoms with van der Waals surface area (Å²) in [6.07, 6.45) is -4.51. The quantitative estimate of drug-likeness (QED) is 0.644. The molecule has 0 aliphatic carbocycles. The standard InChI is InChI=1S/C11H5Cl3F3N/c12-7-4-8(10(13)14)18-9-5(7)2-1-3-6(9)11(15,16)17/h1-4,10H. The van der Waals surface area contributed by atoms with Crippen LogP contribution in [0.2, 0.25) is 5.02 Å². The number of halogens is 6. The molecule has 1 aromatic heterocycles. The topological polar surface area (TPSA) is 12.9 Å². The highest BCUT2D eigenvalue weighted by atomic mass is 35.5. The van der Waals surface area contributed by atoms with E-state index in [4.69, 9.17) is 34.8 Å². The Morgan fingerprint density at radius 2 is 1.83 bits per heavy atom. The normalized spacial score (nSPS) is 12.4. The summed E-state index contributed by atoms with van der Waals surface area (Å²) in [4.78, 5) is 2.80. The van der Waals surface area contributed by atoms with Crippen LogP contribution in [0.5, 0.6) is 0 Å². The summed E-state index contributed by atoms with van der Waals surface area (Å²) in [5.74, 6) is 0. The lowest BCUT2D eigenvalue weighted by molar-refractivity contribution is -0.136. The van der Waals surface area contributed by atoms with Crippen LogP contribution < -0.4 is 0 Å². The monoisotopic (exact) mass is 313 g/mol. The first-order valence-corrected chi connectivity index (χ1v) is 6.00. The van der Waals surface area contributed by atoms with Crippen molar-refractivity contribution in [3.05, 3.63) is 40.5 Å². The lowest BCUT2D eigenvalue weighted by Gasteiger charge is -2.12. The zero-order chi connectivity index (χ0) is 13.5. The van der Waals surface area contributed by atoms with Gasteiger partial charge < -0.3 is 0 Å². The van der Waals surface area contributed by atoms with Gasteiger partial charge in [0.05, 0.1) is 21.8 Å². The molecule has 0 saturated carbocycles. The number of hydrogen-bond donors (Lipinski definition) is 0. The molecule has 7 heteroatoms. The highest BCUT2D eigenvalue weighted by molar-refractivity contribution is 6.44. The number of nitrogens with zero attached hydrogens (tertiary/aromatic N) is 1. The van der Waals surface area contributed by atoms with Crippen molar-refractivity contribution < 1.29 is 13.2 Å². The Kier molecular flexibility index (Phi) is 3.63. The summed E-state index contributed by atoms with van der Waals surface area (Å²) >= 11 is 17.1. The molecule has 0 N–H and O–H groups in total. The Bertz CT molecular complexity index is 596. The SMILES string of the molecule is FC(F)(F)c1cccc2c(Cl)cc(C(Cl)Cl)nc12. The van der Waals surface area contributed by atoms with E-state index in [1.807, 2.05) is 0 Å². The van der Waals surface area contributed by atoms with Crippen LogP contribution in [0.4, 0.5) is 13.2 Å².